The monoisotopic (exact) mass is 194 g/mol. The van der Waals surface area contributed by atoms with Crippen molar-refractivity contribution in [3.05, 3.63) is 4.91 Å². The molecule has 1 aliphatic rings. The van der Waals surface area contributed by atoms with Gasteiger partial charge in [0.1, 0.15) is 6.54 Å². The third-order valence-electron chi connectivity index (χ3n) is 1.85. The summed E-state index contributed by atoms with van der Waals surface area (Å²) in [5.74, 6) is -5.69. The number of carbonyl (C=O) groups is 1. The first-order chi connectivity index (χ1) is 5.94. The maximum absolute atomic E-state index is 12.7. The van der Waals surface area contributed by atoms with Gasteiger partial charge in [-0.2, -0.15) is 0 Å². The number of rotatable bonds is 2. The van der Waals surface area contributed by atoms with E-state index in [1.54, 1.807) is 0 Å². The van der Waals surface area contributed by atoms with Crippen LogP contribution in [0.3, 0.4) is 0 Å². The highest BCUT2D eigenvalue weighted by Crippen LogP contribution is 2.30. The Morgan fingerprint density at radius 1 is 1.62 bits per heavy atom. The highest BCUT2D eigenvalue weighted by molar-refractivity contribution is 5.70. The Morgan fingerprint density at radius 2 is 2.23 bits per heavy atom. The first kappa shape index (κ1) is 9.82. The Balaban J connectivity index is 2.70. The molecule has 74 valence electrons. The number of aliphatic carboxylic acids is 1. The molecule has 1 fully saturated rings. The number of halogens is 2. The van der Waals surface area contributed by atoms with Gasteiger partial charge in [-0.05, 0) is 0 Å². The van der Waals surface area contributed by atoms with E-state index in [4.69, 9.17) is 5.11 Å². The van der Waals surface area contributed by atoms with E-state index in [1.165, 1.54) is 0 Å². The third kappa shape index (κ3) is 2.33. The zero-order valence-corrected chi connectivity index (χ0v) is 6.61. The first-order valence-electron chi connectivity index (χ1n) is 3.63. The van der Waals surface area contributed by atoms with E-state index in [2.05, 4.69) is 5.29 Å². The van der Waals surface area contributed by atoms with Crippen molar-refractivity contribution in [1.82, 2.24) is 5.01 Å². The van der Waals surface area contributed by atoms with E-state index in [1.807, 2.05) is 0 Å². The van der Waals surface area contributed by atoms with Gasteiger partial charge in [0, 0.05) is 6.42 Å². The van der Waals surface area contributed by atoms with Crippen molar-refractivity contribution in [2.75, 3.05) is 13.1 Å². The number of alkyl halides is 2. The molecule has 1 unspecified atom stereocenters. The minimum Gasteiger partial charge on any atom is -0.481 e. The fraction of sp³-hybridized carbons (Fsp3) is 0.833. The third-order valence-corrected chi connectivity index (χ3v) is 1.85. The van der Waals surface area contributed by atoms with Gasteiger partial charge < -0.3 is 5.11 Å². The molecule has 1 saturated heterocycles. The van der Waals surface area contributed by atoms with Crippen LogP contribution in [-0.2, 0) is 4.79 Å². The van der Waals surface area contributed by atoms with Crippen molar-refractivity contribution < 1.29 is 18.7 Å². The van der Waals surface area contributed by atoms with Crippen molar-refractivity contribution in [2.45, 2.75) is 12.3 Å². The smallest absolute Gasteiger partial charge is 0.308 e. The van der Waals surface area contributed by atoms with Crippen LogP contribution in [0.15, 0.2) is 5.29 Å². The van der Waals surface area contributed by atoms with Crippen molar-refractivity contribution >= 4 is 5.97 Å². The number of hydrogen-bond acceptors (Lipinski definition) is 3. The summed E-state index contributed by atoms with van der Waals surface area (Å²) in [6.45, 7) is -1.03. The van der Waals surface area contributed by atoms with Crippen LogP contribution >= 0.6 is 0 Å². The molecule has 13 heavy (non-hydrogen) atoms. The number of hydrogen-bond donors (Lipinski definition) is 1. The summed E-state index contributed by atoms with van der Waals surface area (Å²) in [6, 6.07) is 0. The van der Waals surface area contributed by atoms with E-state index in [0.717, 1.165) is 0 Å². The Labute approximate surface area is 72.3 Å². The van der Waals surface area contributed by atoms with Gasteiger partial charge in [0.2, 0.25) is 0 Å². The van der Waals surface area contributed by atoms with Gasteiger partial charge in [-0.15, -0.1) is 4.91 Å². The molecule has 1 aliphatic heterocycles. The first-order valence-corrected chi connectivity index (χ1v) is 3.63. The molecule has 0 radical (unpaired) electrons. The summed E-state index contributed by atoms with van der Waals surface area (Å²) < 4.78 is 25.5. The van der Waals surface area contributed by atoms with Crippen molar-refractivity contribution in [1.29, 1.82) is 0 Å². The molecule has 5 nitrogen and oxygen atoms in total. The quantitative estimate of drug-likeness (QED) is 0.657. The van der Waals surface area contributed by atoms with Gasteiger partial charge in [-0.25, -0.2) is 8.78 Å². The summed E-state index contributed by atoms with van der Waals surface area (Å²) in [5.41, 5.74) is 0. The van der Waals surface area contributed by atoms with E-state index >= 15 is 0 Å². The normalized spacial score (nSPS) is 26.9. The van der Waals surface area contributed by atoms with Crippen LogP contribution in [-0.4, -0.2) is 35.1 Å². The molecule has 0 amide bonds. The Bertz CT molecular complexity index is 234. The standard InChI is InChI=1S/C6H8F2N2O3/c7-6(8)1-4(5(11)12)2-10(3-6)9-13/h4H,1-3H2,(H,11,12). The van der Waals surface area contributed by atoms with Crippen LogP contribution in [0.2, 0.25) is 0 Å². The van der Waals surface area contributed by atoms with Crippen LogP contribution in [0.1, 0.15) is 6.42 Å². The van der Waals surface area contributed by atoms with E-state index < -0.39 is 30.8 Å². The number of piperidine rings is 1. The van der Waals surface area contributed by atoms with Crippen molar-refractivity contribution in [2.24, 2.45) is 11.2 Å². The molecule has 0 aromatic rings. The van der Waals surface area contributed by atoms with Crippen molar-refractivity contribution in [3.8, 4) is 0 Å². The van der Waals surface area contributed by atoms with Crippen LogP contribution in [0.5, 0.6) is 0 Å². The van der Waals surface area contributed by atoms with Gasteiger partial charge in [0.05, 0.1) is 17.7 Å². The second-order valence-electron chi connectivity index (χ2n) is 3.02. The molecule has 0 saturated carbocycles. The number of carboxylic acid groups (broad SMARTS) is 1. The molecule has 0 aromatic carbocycles. The lowest BCUT2D eigenvalue weighted by Gasteiger charge is -2.31. The topological polar surface area (TPSA) is 70.0 Å². The molecule has 0 aromatic heterocycles. The summed E-state index contributed by atoms with van der Waals surface area (Å²) in [5, 5.41) is 11.3. The van der Waals surface area contributed by atoms with Gasteiger partial charge in [0.15, 0.2) is 0 Å². The number of nitroso groups, excluding NO2 is 1. The van der Waals surface area contributed by atoms with Gasteiger partial charge in [-0.3, -0.25) is 9.80 Å². The molecule has 1 N–H and O–H groups in total. The summed E-state index contributed by atoms with van der Waals surface area (Å²) >= 11 is 0. The van der Waals surface area contributed by atoms with Gasteiger partial charge in [0.25, 0.3) is 5.92 Å². The predicted molar refractivity (Wildman–Crippen MR) is 38.1 cm³/mol. The number of nitrogens with zero attached hydrogens (tertiary/aromatic N) is 2. The molecule has 1 rings (SSSR count). The van der Waals surface area contributed by atoms with Crippen LogP contribution in [0, 0.1) is 10.8 Å². The lowest BCUT2D eigenvalue weighted by molar-refractivity contribution is -0.153. The lowest BCUT2D eigenvalue weighted by atomic mass is 9.96. The SMILES string of the molecule is O=NN1CC(C(=O)O)CC(F)(F)C1. The van der Waals surface area contributed by atoms with Crippen molar-refractivity contribution in [3.63, 3.8) is 0 Å². The molecule has 7 heteroatoms. The van der Waals surface area contributed by atoms with Gasteiger partial charge >= 0.3 is 5.97 Å². The average molecular weight is 194 g/mol. The maximum Gasteiger partial charge on any atom is 0.308 e. The summed E-state index contributed by atoms with van der Waals surface area (Å²) in [7, 11) is 0. The fourth-order valence-electron chi connectivity index (χ4n) is 1.30. The Hall–Kier alpha value is -1.27. The highest BCUT2D eigenvalue weighted by Gasteiger charge is 2.43. The van der Waals surface area contributed by atoms with E-state index in [9.17, 15) is 18.5 Å². The molecule has 1 atom stereocenters. The highest BCUT2D eigenvalue weighted by atomic mass is 19.3. The molecule has 0 spiro atoms. The lowest BCUT2D eigenvalue weighted by Crippen LogP contribution is -2.46. The average Bonchev–Trinajstić information content (AvgIpc) is 2.01. The minimum atomic E-state index is -3.14. The molecular formula is C6H8F2N2O3. The minimum absolute atomic E-state index is 0.242. The largest absolute Gasteiger partial charge is 0.481 e. The van der Waals surface area contributed by atoms with Crippen LogP contribution < -0.4 is 0 Å². The maximum atomic E-state index is 12.7. The second kappa shape index (κ2) is 3.23. The molecular weight excluding hydrogens is 186 g/mol. The van der Waals surface area contributed by atoms with Gasteiger partial charge in [-0.1, -0.05) is 0 Å². The van der Waals surface area contributed by atoms with E-state index in [0.29, 0.717) is 5.01 Å². The Morgan fingerprint density at radius 3 is 2.69 bits per heavy atom. The summed E-state index contributed by atoms with van der Waals surface area (Å²) in [4.78, 5) is 20.4. The second-order valence-corrected chi connectivity index (χ2v) is 3.02. The fourth-order valence-corrected chi connectivity index (χ4v) is 1.30. The predicted octanol–water partition coefficient (Wildman–Crippen LogP) is 0.710. The molecule has 0 aliphatic carbocycles. The van der Waals surface area contributed by atoms with E-state index in [-0.39, 0.29) is 6.54 Å². The molecule has 0 bridgehead atoms. The Kier molecular flexibility index (Phi) is 2.44. The number of carboxylic acids is 1. The van der Waals surface area contributed by atoms with Crippen LogP contribution in [0.4, 0.5) is 8.78 Å². The zero-order chi connectivity index (χ0) is 10.1. The molecule has 1 heterocycles. The summed E-state index contributed by atoms with van der Waals surface area (Å²) in [6.07, 6.45) is -0.728. The van der Waals surface area contributed by atoms with Crippen LogP contribution in [0.25, 0.3) is 0 Å². The zero-order valence-electron chi connectivity index (χ0n) is 6.61.